The molecule has 0 saturated heterocycles. The van der Waals surface area contributed by atoms with Crippen molar-refractivity contribution < 1.29 is 29.3 Å². The highest BCUT2D eigenvalue weighted by Gasteiger charge is 2.37. The molecule has 0 aliphatic carbocycles. The van der Waals surface area contributed by atoms with E-state index >= 15 is 0 Å². The molecule has 2 N–H and O–H groups in total. The number of carbonyl (C=O) groups is 2. The van der Waals surface area contributed by atoms with Crippen molar-refractivity contribution >= 4 is 11.9 Å². The third-order valence-corrected chi connectivity index (χ3v) is 2.13. The second-order valence-corrected chi connectivity index (χ2v) is 3.57. The molecule has 1 heterocycles. The zero-order valence-electron chi connectivity index (χ0n) is 8.99. The van der Waals surface area contributed by atoms with Crippen LogP contribution in [0.5, 0.6) is 0 Å². The van der Waals surface area contributed by atoms with E-state index in [9.17, 15) is 19.8 Å². The summed E-state index contributed by atoms with van der Waals surface area (Å²) in [6.07, 6.45) is -1.93. The summed E-state index contributed by atoms with van der Waals surface area (Å²) in [7, 11) is 0. The summed E-state index contributed by atoms with van der Waals surface area (Å²) in [4.78, 5) is 21.8. The SMILES string of the molecule is CC(=O)OC1C=CC(=O)OC1C(O)C(C)O. The van der Waals surface area contributed by atoms with Crippen molar-refractivity contribution in [3.05, 3.63) is 12.2 Å². The van der Waals surface area contributed by atoms with Gasteiger partial charge in [-0.3, -0.25) is 4.79 Å². The van der Waals surface area contributed by atoms with Gasteiger partial charge >= 0.3 is 11.9 Å². The summed E-state index contributed by atoms with van der Waals surface area (Å²) in [6.45, 7) is 2.55. The fourth-order valence-corrected chi connectivity index (χ4v) is 1.36. The summed E-state index contributed by atoms with van der Waals surface area (Å²) in [6, 6.07) is 0. The average Bonchev–Trinajstić information content (AvgIpc) is 2.18. The van der Waals surface area contributed by atoms with Crippen molar-refractivity contribution in [3.63, 3.8) is 0 Å². The van der Waals surface area contributed by atoms with E-state index in [4.69, 9.17) is 9.47 Å². The van der Waals surface area contributed by atoms with Crippen molar-refractivity contribution in [1.82, 2.24) is 0 Å². The lowest BCUT2D eigenvalue weighted by Gasteiger charge is -2.31. The highest BCUT2D eigenvalue weighted by molar-refractivity contribution is 5.83. The quantitative estimate of drug-likeness (QED) is 0.613. The third-order valence-electron chi connectivity index (χ3n) is 2.13. The van der Waals surface area contributed by atoms with E-state index in [1.807, 2.05) is 0 Å². The molecule has 0 spiro atoms. The van der Waals surface area contributed by atoms with Crippen molar-refractivity contribution in [2.24, 2.45) is 0 Å². The van der Waals surface area contributed by atoms with Gasteiger partial charge in [-0.25, -0.2) is 4.79 Å². The highest BCUT2D eigenvalue weighted by Crippen LogP contribution is 2.18. The van der Waals surface area contributed by atoms with Crippen LogP contribution in [0.2, 0.25) is 0 Å². The second-order valence-electron chi connectivity index (χ2n) is 3.57. The van der Waals surface area contributed by atoms with Crippen molar-refractivity contribution in [2.45, 2.75) is 38.3 Å². The van der Waals surface area contributed by atoms with Crippen molar-refractivity contribution in [3.8, 4) is 0 Å². The molecule has 0 fully saturated rings. The van der Waals surface area contributed by atoms with Gasteiger partial charge in [-0.2, -0.15) is 0 Å². The maximum atomic E-state index is 11.0. The van der Waals surface area contributed by atoms with Crippen LogP contribution in [0.4, 0.5) is 0 Å². The first-order valence-corrected chi connectivity index (χ1v) is 4.84. The number of hydrogen-bond donors (Lipinski definition) is 2. The molecule has 90 valence electrons. The Hall–Kier alpha value is -1.40. The zero-order valence-corrected chi connectivity index (χ0v) is 8.99. The monoisotopic (exact) mass is 230 g/mol. The molecule has 1 aliphatic rings. The number of aliphatic hydroxyl groups excluding tert-OH is 2. The van der Waals surface area contributed by atoms with Gasteiger partial charge in [0.15, 0.2) is 12.2 Å². The van der Waals surface area contributed by atoms with E-state index in [0.717, 1.165) is 6.08 Å². The van der Waals surface area contributed by atoms with Crippen LogP contribution in [0.25, 0.3) is 0 Å². The second kappa shape index (κ2) is 5.09. The van der Waals surface area contributed by atoms with Gasteiger partial charge in [0.2, 0.25) is 0 Å². The lowest BCUT2D eigenvalue weighted by molar-refractivity contribution is -0.176. The van der Waals surface area contributed by atoms with Crippen molar-refractivity contribution in [1.29, 1.82) is 0 Å². The fourth-order valence-electron chi connectivity index (χ4n) is 1.36. The number of ether oxygens (including phenoxy) is 2. The minimum absolute atomic E-state index is 0.560. The first-order chi connectivity index (χ1) is 7.41. The molecule has 0 bridgehead atoms. The first-order valence-electron chi connectivity index (χ1n) is 4.84. The molecule has 4 atom stereocenters. The lowest BCUT2D eigenvalue weighted by atomic mass is 10.0. The molecular weight excluding hydrogens is 216 g/mol. The van der Waals surface area contributed by atoms with E-state index in [1.165, 1.54) is 19.9 Å². The van der Waals surface area contributed by atoms with Gasteiger partial charge in [0.1, 0.15) is 6.10 Å². The standard InChI is InChI=1S/C10H14O6/c1-5(11)9(14)10-7(15-6(2)12)3-4-8(13)16-10/h3-5,7,9-11,14H,1-2H3. The smallest absolute Gasteiger partial charge is 0.331 e. The Bertz CT molecular complexity index is 308. The Morgan fingerprint density at radius 3 is 2.69 bits per heavy atom. The van der Waals surface area contributed by atoms with Crippen molar-refractivity contribution in [2.75, 3.05) is 0 Å². The third kappa shape index (κ3) is 3.04. The molecule has 1 aliphatic heterocycles. The lowest BCUT2D eigenvalue weighted by Crippen LogP contribution is -2.48. The summed E-state index contributed by atoms with van der Waals surface area (Å²) < 4.78 is 9.66. The van der Waals surface area contributed by atoms with Crippen LogP contribution in [0.3, 0.4) is 0 Å². The zero-order chi connectivity index (χ0) is 12.3. The van der Waals surface area contributed by atoms with E-state index in [-0.39, 0.29) is 0 Å². The predicted molar refractivity (Wildman–Crippen MR) is 52.3 cm³/mol. The van der Waals surface area contributed by atoms with Crippen LogP contribution in [0.15, 0.2) is 12.2 Å². The molecular formula is C10H14O6. The summed E-state index contributed by atoms with van der Waals surface area (Å²) in [5.74, 6) is -1.21. The summed E-state index contributed by atoms with van der Waals surface area (Å²) >= 11 is 0. The number of esters is 2. The Kier molecular flexibility index (Phi) is 4.03. The fraction of sp³-hybridized carbons (Fsp3) is 0.600. The molecule has 0 aromatic rings. The van der Waals surface area contributed by atoms with Crippen LogP contribution in [0.1, 0.15) is 13.8 Å². The van der Waals surface area contributed by atoms with Gasteiger partial charge in [-0.05, 0) is 13.0 Å². The number of carbonyl (C=O) groups excluding carboxylic acids is 2. The van der Waals surface area contributed by atoms with Crippen LogP contribution in [0, 0.1) is 0 Å². The predicted octanol–water partition coefficient (Wildman–Crippen LogP) is -0.859. The van der Waals surface area contributed by atoms with Gasteiger partial charge in [0.25, 0.3) is 0 Å². The van der Waals surface area contributed by atoms with E-state index in [1.54, 1.807) is 0 Å². The molecule has 6 nitrogen and oxygen atoms in total. The molecule has 0 aromatic heterocycles. The van der Waals surface area contributed by atoms with Gasteiger partial charge in [-0.1, -0.05) is 0 Å². The average molecular weight is 230 g/mol. The Balaban J connectivity index is 2.81. The van der Waals surface area contributed by atoms with Gasteiger partial charge in [0.05, 0.1) is 6.10 Å². The van der Waals surface area contributed by atoms with E-state index < -0.39 is 36.4 Å². The number of aliphatic hydroxyl groups is 2. The van der Waals surface area contributed by atoms with Crippen LogP contribution in [-0.4, -0.2) is 46.6 Å². The van der Waals surface area contributed by atoms with Gasteiger partial charge in [-0.15, -0.1) is 0 Å². The molecule has 16 heavy (non-hydrogen) atoms. The Morgan fingerprint density at radius 1 is 1.56 bits per heavy atom. The van der Waals surface area contributed by atoms with Crippen LogP contribution >= 0.6 is 0 Å². The minimum atomic E-state index is -1.31. The number of cyclic esters (lactones) is 1. The molecule has 6 heteroatoms. The van der Waals surface area contributed by atoms with Crippen LogP contribution in [-0.2, 0) is 19.1 Å². The first kappa shape index (κ1) is 12.7. The molecule has 4 unspecified atom stereocenters. The Morgan fingerprint density at radius 2 is 2.19 bits per heavy atom. The highest BCUT2D eigenvalue weighted by atomic mass is 16.6. The molecule has 0 amide bonds. The van der Waals surface area contributed by atoms with Gasteiger partial charge in [0, 0.05) is 13.0 Å². The minimum Gasteiger partial charge on any atom is -0.454 e. The topological polar surface area (TPSA) is 93.1 Å². The Labute approximate surface area is 92.5 Å². The molecule has 0 saturated carbocycles. The summed E-state index contributed by atoms with van der Waals surface area (Å²) in [5, 5.41) is 18.8. The molecule has 0 radical (unpaired) electrons. The van der Waals surface area contributed by atoms with Crippen LogP contribution < -0.4 is 0 Å². The maximum absolute atomic E-state index is 11.0. The number of rotatable bonds is 3. The van der Waals surface area contributed by atoms with E-state index in [0.29, 0.717) is 0 Å². The normalized spacial score (nSPS) is 28.1. The molecule has 1 rings (SSSR count). The summed E-state index contributed by atoms with van der Waals surface area (Å²) in [5.41, 5.74) is 0. The van der Waals surface area contributed by atoms with E-state index in [2.05, 4.69) is 0 Å². The maximum Gasteiger partial charge on any atom is 0.331 e. The largest absolute Gasteiger partial charge is 0.454 e. The number of hydrogen-bond acceptors (Lipinski definition) is 6. The molecule has 0 aromatic carbocycles. The van der Waals surface area contributed by atoms with Gasteiger partial charge < -0.3 is 19.7 Å².